The van der Waals surface area contributed by atoms with E-state index in [-0.39, 0.29) is 0 Å². The smallest absolute Gasteiger partial charge is 0.173 e. The third kappa shape index (κ3) is 3.31. The zero-order valence-corrected chi connectivity index (χ0v) is 12.5. The van der Waals surface area contributed by atoms with Gasteiger partial charge in [-0.25, -0.2) is 0 Å². The average Bonchev–Trinajstić information content (AvgIpc) is 2.54. The van der Waals surface area contributed by atoms with Gasteiger partial charge in [0.2, 0.25) is 0 Å². The van der Waals surface area contributed by atoms with Crippen molar-refractivity contribution in [3.05, 3.63) is 36.4 Å². The molecule has 0 N–H and O–H groups in total. The Labute approximate surface area is 124 Å². The lowest BCUT2D eigenvalue weighted by atomic mass is 10.2. The summed E-state index contributed by atoms with van der Waals surface area (Å²) >= 11 is 0. The molecule has 0 bridgehead atoms. The molecule has 0 fully saturated rings. The maximum atomic E-state index is 5.90. The van der Waals surface area contributed by atoms with Crippen LogP contribution in [0, 0.1) is 0 Å². The minimum absolute atomic E-state index is 0.531. The van der Waals surface area contributed by atoms with E-state index < -0.39 is 0 Å². The molecule has 0 saturated heterocycles. The van der Waals surface area contributed by atoms with E-state index in [1.807, 2.05) is 0 Å². The van der Waals surface area contributed by atoms with Gasteiger partial charge in [0.25, 0.3) is 0 Å². The van der Waals surface area contributed by atoms with Gasteiger partial charge < -0.3 is 23.7 Å². The molecule has 0 unspecified atom stereocenters. The van der Waals surface area contributed by atoms with Gasteiger partial charge >= 0.3 is 0 Å². The summed E-state index contributed by atoms with van der Waals surface area (Å²) in [5.74, 6) is 3.61. The molecule has 0 aliphatic heterocycles. The van der Waals surface area contributed by atoms with Crippen molar-refractivity contribution in [1.29, 1.82) is 0 Å². The van der Waals surface area contributed by atoms with Gasteiger partial charge in [-0.05, 0) is 24.3 Å². The summed E-state index contributed by atoms with van der Waals surface area (Å²) < 4.78 is 26.9. The first-order valence-corrected chi connectivity index (χ1v) is 6.33. The molecule has 0 radical (unpaired) electrons. The fourth-order valence-corrected chi connectivity index (χ4v) is 1.85. The van der Waals surface area contributed by atoms with E-state index in [1.165, 1.54) is 0 Å². The van der Waals surface area contributed by atoms with Gasteiger partial charge in [0, 0.05) is 12.1 Å². The van der Waals surface area contributed by atoms with Crippen molar-refractivity contribution in [3.8, 4) is 34.5 Å². The first-order chi connectivity index (χ1) is 10.2. The molecule has 2 aromatic carbocycles. The fraction of sp³-hybridized carbons (Fsp3) is 0.250. The van der Waals surface area contributed by atoms with Crippen LogP contribution in [0.15, 0.2) is 36.4 Å². The molecule has 2 rings (SSSR count). The highest BCUT2D eigenvalue weighted by molar-refractivity contribution is 5.52. The molecule has 0 spiro atoms. The normalized spacial score (nSPS) is 9.90. The zero-order valence-electron chi connectivity index (χ0n) is 12.5. The second kappa shape index (κ2) is 6.74. The summed E-state index contributed by atoms with van der Waals surface area (Å²) in [6, 6.07) is 10.7. The molecule has 5 heteroatoms. The van der Waals surface area contributed by atoms with Crippen LogP contribution >= 0.6 is 0 Å². The maximum absolute atomic E-state index is 5.90. The highest BCUT2D eigenvalue weighted by Crippen LogP contribution is 2.39. The van der Waals surface area contributed by atoms with Crippen LogP contribution in [0.25, 0.3) is 0 Å². The number of hydrogen-bond donors (Lipinski definition) is 0. The summed E-state index contributed by atoms with van der Waals surface area (Å²) in [6.07, 6.45) is 0. The molecule has 2 aromatic rings. The molecule has 0 heterocycles. The molecule has 0 atom stereocenters. The lowest BCUT2D eigenvalue weighted by Crippen LogP contribution is -1.95. The molecular weight excluding hydrogens is 272 g/mol. The second-order valence-corrected chi connectivity index (χ2v) is 4.14. The largest absolute Gasteiger partial charge is 0.497 e. The van der Waals surface area contributed by atoms with E-state index in [4.69, 9.17) is 23.7 Å². The van der Waals surface area contributed by atoms with Crippen LogP contribution in [0.4, 0.5) is 0 Å². The number of rotatable bonds is 6. The number of benzene rings is 2. The highest BCUT2D eigenvalue weighted by atomic mass is 16.5. The van der Waals surface area contributed by atoms with Crippen molar-refractivity contribution in [2.45, 2.75) is 0 Å². The summed E-state index contributed by atoms with van der Waals surface area (Å²) in [7, 11) is 6.35. The van der Waals surface area contributed by atoms with Crippen molar-refractivity contribution in [1.82, 2.24) is 0 Å². The minimum atomic E-state index is 0.531. The van der Waals surface area contributed by atoms with Crippen LogP contribution in [-0.4, -0.2) is 28.4 Å². The predicted octanol–water partition coefficient (Wildman–Crippen LogP) is 3.51. The van der Waals surface area contributed by atoms with E-state index in [0.29, 0.717) is 34.5 Å². The summed E-state index contributed by atoms with van der Waals surface area (Å²) in [6.45, 7) is 0. The molecule has 0 amide bonds. The molecular formula is C16H18O5. The van der Waals surface area contributed by atoms with Gasteiger partial charge in [-0.1, -0.05) is 0 Å². The van der Waals surface area contributed by atoms with Gasteiger partial charge in [0.15, 0.2) is 23.0 Å². The number of methoxy groups -OCH3 is 4. The predicted molar refractivity (Wildman–Crippen MR) is 79.2 cm³/mol. The van der Waals surface area contributed by atoms with Gasteiger partial charge in [-0.3, -0.25) is 0 Å². The van der Waals surface area contributed by atoms with Crippen molar-refractivity contribution in [2.24, 2.45) is 0 Å². The van der Waals surface area contributed by atoms with Gasteiger partial charge in [-0.15, -0.1) is 0 Å². The van der Waals surface area contributed by atoms with E-state index in [9.17, 15) is 0 Å². The average molecular weight is 290 g/mol. The molecule has 0 aromatic heterocycles. The Bertz CT molecular complexity index is 556. The number of hydrogen-bond acceptors (Lipinski definition) is 5. The summed E-state index contributed by atoms with van der Waals surface area (Å²) in [5.41, 5.74) is 0. The molecule has 112 valence electrons. The SMILES string of the molecule is COc1ccc(OC)c(Oc2cc(OC)ccc2OC)c1. The van der Waals surface area contributed by atoms with Crippen LogP contribution in [0.1, 0.15) is 0 Å². The van der Waals surface area contributed by atoms with Gasteiger partial charge in [-0.2, -0.15) is 0 Å². The van der Waals surface area contributed by atoms with Crippen molar-refractivity contribution < 1.29 is 23.7 Å². The van der Waals surface area contributed by atoms with Crippen LogP contribution in [-0.2, 0) is 0 Å². The standard InChI is InChI=1S/C16H18O5/c1-17-11-5-7-13(19-3)15(9-11)21-16-10-12(18-2)6-8-14(16)20-4/h5-10H,1-4H3. The molecule has 0 aliphatic carbocycles. The third-order valence-corrected chi connectivity index (χ3v) is 2.96. The van der Waals surface area contributed by atoms with Crippen LogP contribution < -0.4 is 23.7 Å². The Kier molecular flexibility index (Phi) is 4.77. The highest BCUT2D eigenvalue weighted by Gasteiger charge is 2.12. The second-order valence-electron chi connectivity index (χ2n) is 4.14. The van der Waals surface area contributed by atoms with E-state index in [2.05, 4.69) is 0 Å². The number of ether oxygens (including phenoxy) is 5. The Hall–Kier alpha value is -2.56. The van der Waals surface area contributed by atoms with Crippen molar-refractivity contribution >= 4 is 0 Å². The zero-order chi connectivity index (χ0) is 15.2. The van der Waals surface area contributed by atoms with Gasteiger partial charge in [0.05, 0.1) is 28.4 Å². The Morgan fingerprint density at radius 1 is 0.524 bits per heavy atom. The Morgan fingerprint density at radius 3 is 1.29 bits per heavy atom. The molecule has 21 heavy (non-hydrogen) atoms. The van der Waals surface area contributed by atoms with Gasteiger partial charge in [0.1, 0.15) is 11.5 Å². The van der Waals surface area contributed by atoms with Crippen molar-refractivity contribution in [2.75, 3.05) is 28.4 Å². The maximum Gasteiger partial charge on any atom is 0.173 e. The van der Waals surface area contributed by atoms with E-state index in [1.54, 1.807) is 64.8 Å². The first-order valence-electron chi connectivity index (χ1n) is 6.33. The van der Waals surface area contributed by atoms with E-state index in [0.717, 1.165) is 0 Å². The minimum Gasteiger partial charge on any atom is -0.497 e. The van der Waals surface area contributed by atoms with Crippen LogP contribution in [0.3, 0.4) is 0 Å². The lowest BCUT2D eigenvalue weighted by Gasteiger charge is -2.14. The molecule has 5 nitrogen and oxygen atoms in total. The van der Waals surface area contributed by atoms with Crippen LogP contribution in [0.5, 0.6) is 34.5 Å². The monoisotopic (exact) mass is 290 g/mol. The quantitative estimate of drug-likeness (QED) is 0.814. The molecule has 0 aliphatic rings. The third-order valence-electron chi connectivity index (χ3n) is 2.96. The molecule has 0 saturated carbocycles. The first kappa shape index (κ1) is 14.8. The Morgan fingerprint density at radius 2 is 0.952 bits per heavy atom. The topological polar surface area (TPSA) is 46.2 Å². The lowest BCUT2D eigenvalue weighted by molar-refractivity contribution is 0.348. The summed E-state index contributed by atoms with van der Waals surface area (Å²) in [5, 5.41) is 0. The van der Waals surface area contributed by atoms with E-state index >= 15 is 0 Å². The fourth-order valence-electron chi connectivity index (χ4n) is 1.85. The van der Waals surface area contributed by atoms with Crippen molar-refractivity contribution in [3.63, 3.8) is 0 Å². The van der Waals surface area contributed by atoms with Crippen LogP contribution in [0.2, 0.25) is 0 Å². The summed E-state index contributed by atoms with van der Waals surface area (Å²) in [4.78, 5) is 0. The Balaban J connectivity index is 2.40.